The second-order valence-corrected chi connectivity index (χ2v) is 4.86. The molecule has 0 spiro atoms. The molecule has 0 aliphatic carbocycles. The zero-order chi connectivity index (χ0) is 14.4. The zero-order valence-electron chi connectivity index (χ0n) is 10.9. The number of carbonyl (C=O) groups excluding carboxylic acids is 1. The van der Waals surface area contributed by atoms with E-state index in [-0.39, 0.29) is 12.2 Å². The third-order valence-electron chi connectivity index (χ3n) is 2.92. The normalized spacial score (nSPS) is 13.0. The summed E-state index contributed by atoms with van der Waals surface area (Å²) in [5.41, 5.74) is 1.52. The molecule has 0 aliphatic heterocycles. The van der Waals surface area contributed by atoms with Crippen molar-refractivity contribution in [3.8, 4) is 0 Å². The summed E-state index contributed by atoms with van der Waals surface area (Å²) in [6.07, 6.45) is 0.580. The molecule has 0 aromatic heterocycles. The van der Waals surface area contributed by atoms with E-state index in [1.807, 2.05) is 48.5 Å². The Balaban J connectivity index is 2.02. The van der Waals surface area contributed by atoms with Gasteiger partial charge in [-0.2, -0.15) is 0 Å². The predicted octanol–water partition coefficient (Wildman–Crippen LogP) is 3.96. The van der Waals surface area contributed by atoms with E-state index in [0.29, 0.717) is 5.03 Å². The van der Waals surface area contributed by atoms with Gasteiger partial charge in [0.25, 0.3) is 0 Å². The van der Waals surface area contributed by atoms with Crippen molar-refractivity contribution >= 4 is 22.4 Å². The maximum atomic E-state index is 11.9. The summed E-state index contributed by atoms with van der Waals surface area (Å²) in [4.78, 5) is 11.9. The first-order chi connectivity index (χ1) is 9.66. The summed E-state index contributed by atoms with van der Waals surface area (Å²) in [6.45, 7) is 0. The number of carbonyl (C=O) groups is 1. The van der Waals surface area contributed by atoms with E-state index in [1.165, 1.54) is 6.08 Å². The van der Waals surface area contributed by atoms with Crippen LogP contribution in [0, 0.1) is 0 Å². The van der Waals surface area contributed by atoms with E-state index in [0.717, 1.165) is 11.1 Å². The molecule has 0 saturated heterocycles. The van der Waals surface area contributed by atoms with Gasteiger partial charge < -0.3 is 5.11 Å². The topological polar surface area (TPSA) is 37.3 Å². The van der Waals surface area contributed by atoms with Crippen LogP contribution in [-0.4, -0.2) is 10.9 Å². The van der Waals surface area contributed by atoms with Gasteiger partial charge in [-0.25, -0.2) is 0 Å². The average molecular weight is 287 g/mol. The molecule has 2 aromatic rings. The molecule has 0 saturated carbocycles. The Labute approximate surface area is 123 Å². The molecule has 0 radical (unpaired) electrons. The molecule has 0 heterocycles. The maximum Gasteiger partial charge on any atom is 0.160 e. The average Bonchev–Trinajstić information content (AvgIpc) is 2.49. The fourth-order valence-corrected chi connectivity index (χ4v) is 2.11. The van der Waals surface area contributed by atoms with E-state index in [9.17, 15) is 9.90 Å². The van der Waals surface area contributed by atoms with Gasteiger partial charge >= 0.3 is 0 Å². The lowest BCUT2D eigenvalue weighted by Crippen LogP contribution is -2.04. The number of rotatable bonds is 5. The highest BCUT2D eigenvalue weighted by Crippen LogP contribution is 2.21. The van der Waals surface area contributed by atoms with Gasteiger partial charge in [-0.3, -0.25) is 4.79 Å². The van der Waals surface area contributed by atoms with Crippen molar-refractivity contribution in [1.82, 2.24) is 0 Å². The van der Waals surface area contributed by atoms with E-state index in [2.05, 4.69) is 0 Å². The Kier molecular flexibility index (Phi) is 5.10. The second-order valence-electron chi connectivity index (χ2n) is 4.46. The first-order valence-electron chi connectivity index (χ1n) is 6.35. The van der Waals surface area contributed by atoms with Crippen molar-refractivity contribution in [2.24, 2.45) is 0 Å². The molecule has 1 atom stereocenters. The molecule has 2 aromatic carbocycles. The summed E-state index contributed by atoms with van der Waals surface area (Å²) in [5.74, 6) is -0.199. The highest BCUT2D eigenvalue weighted by Gasteiger charge is 2.11. The van der Waals surface area contributed by atoms with Crippen molar-refractivity contribution in [2.45, 2.75) is 12.5 Å². The van der Waals surface area contributed by atoms with Crippen LogP contribution < -0.4 is 0 Å². The second kappa shape index (κ2) is 7.04. The summed E-state index contributed by atoms with van der Waals surface area (Å²) >= 11 is 6.09. The Hall–Kier alpha value is -1.90. The van der Waals surface area contributed by atoms with Crippen LogP contribution in [0.15, 0.2) is 66.7 Å². The summed E-state index contributed by atoms with van der Waals surface area (Å²) in [6, 6.07) is 18.4. The van der Waals surface area contributed by atoms with Crippen molar-refractivity contribution in [1.29, 1.82) is 0 Å². The van der Waals surface area contributed by atoms with Crippen LogP contribution in [-0.2, 0) is 4.79 Å². The van der Waals surface area contributed by atoms with Crippen molar-refractivity contribution in [3.05, 3.63) is 77.9 Å². The molecule has 102 valence electrons. The quantitative estimate of drug-likeness (QED) is 0.845. The molecule has 2 rings (SSSR count). The third-order valence-corrected chi connectivity index (χ3v) is 3.24. The molecule has 20 heavy (non-hydrogen) atoms. The SMILES string of the molecule is O=C(/C=C(\Cl)c1ccccc1)C[C@@H](O)c1ccccc1. The molecule has 3 heteroatoms. The smallest absolute Gasteiger partial charge is 0.160 e. The number of aliphatic hydroxyl groups excluding tert-OH is 1. The highest BCUT2D eigenvalue weighted by molar-refractivity contribution is 6.50. The number of hydrogen-bond acceptors (Lipinski definition) is 2. The minimum Gasteiger partial charge on any atom is -0.388 e. The first kappa shape index (κ1) is 14.5. The summed E-state index contributed by atoms with van der Waals surface area (Å²) in [5, 5.41) is 10.4. The zero-order valence-corrected chi connectivity index (χ0v) is 11.6. The summed E-state index contributed by atoms with van der Waals surface area (Å²) < 4.78 is 0. The Morgan fingerprint density at radius 1 is 1.05 bits per heavy atom. The molecule has 0 unspecified atom stereocenters. The Bertz CT molecular complexity index is 591. The van der Waals surface area contributed by atoms with Gasteiger partial charge in [-0.1, -0.05) is 72.3 Å². The van der Waals surface area contributed by atoms with E-state index >= 15 is 0 Å². The van der Waals surface area contributed by atoms with Crippen molar-refractivity contribution < 1.29 is 9.90 Å². The monoisotopic (exact) mass is 286 g/mol. The third kappa shape index (κ3) is 4.05. The fourth-order valence-electron chi connectivity index (χ4n) is 1.86. The highest BCUT2D eigenvalue weighted by atomic mass is 35.5. The van der Waals surface area contributed by atoms with Gasteiger partial charge in [0.15, 0.2) is 5.78 Å². The lowest BCUT2D eigenvalue weighted by atomic mass is 10.0. The lowest BCUT2D eigenvalue weighted by Gasteiger charge is -2.08. The Morgan fingerprint density at radius 2 is 1.60 bits per heavy atom. The molecular formula is C17H15ClO2. The van der Waals surface area contributed by atoms with Gasteiger partial charge in [-0.15, -0.1) is 0 Å². The largest absolute Gasteiger partial charge is 0.388 e. The fraction of sp³-hybridized carbons (Fsp3) is 0.118. The van der Waals surface area contributed by atoms with Crippen LogP contribution in [0.4, 0.5) is 0 Å². The first-order valence-corrected chi connectivity index (χ1v) is 6.73. The van der Waals surface area contributed by atoms with Crippen LogP contribution in [0.3, 0.4) is 0 Å². The molecule has 0 amide bonds. The van der Waals surface area contributed by atoms with Gasteiger partial charge in [0.05, 0.1) is 11.1 Å². The molecular weight excluding hydrogens is 272 g/mol. The summed E-state index contributed by atoms with van der Waals surface area (Å²) in [7, 11) is 0. The van der Waals surface area contributed by atoms with E-state index < -0.39 is 6.10 Å². The van der Waals surface area contributed by atoms with Gasteiger partial charge in [0, 0.05) is 12.5 Å². The van der Waals surface area contributed by atoms with Crippen LogP contribution in [0.2, 0.25) is 0 Å². The molecule has 0 aliphatic rings. The predicted molar refractivity (Wildman–Crippen MR) is 81.3 cm³/mol. The van der Waals surface area contributed by atoms with Crippen molar-refractivity contribution in [2.75, 3.05) is 0 Å². The number of ketones is 1. The van der Waals surface area contributed by atoms with E-state index in [1.54, 1.807) is 12.1 Å². The van der Waals surface area contributed by atoms with Crippen LogP contribution >= 0.6 is 11.6 Å². The number of hydrogen-bond donors (Lipinski definition) is 1. The molecule has 1 N–H and O–H groups in total. The van der Waals surface area contributed by atoms with Gasteiger partial charge in [-0.05, 0) is 11.1 Å². The molecule has 0 bridgehead atoms. The van der Waals surface area contributed by atoms with Gasteiger partial charge in [0.2, 0.25) is 0 Å². The number of halogens is 1. The molecule has 0 fully saturated rings. The van der Waals surface area contributed by atoms with Crippen LogP contribution in [0.1, 0.15) is 23.7 Å². The minimum atomic E-state index is -0.805. The van der Waals surface area contributed by atoms with Gasteiger partial charge in [0.1, 0.15) is 0 Å². The minimum absolute atomic E-state index is 0.0209. The number of allylic oxidation sites excluding steroid dienone is 1. The van der Waals surface area contributed by atoms with E-state index in [4.69, 9.17) is 11.6 Å². The Morgan fingerprint density at radius 3 is 2.20 bits per heavy atom. The number of benzene rings is 2. The van der Waals surface area contributed by atoms with Crippen LogP contribution in [0.25, 0.3) is 5.03 Å². The maximum absolute atomic E-state index is 11.9. The standard InChI is InChI=1S/C17H15ClO2/c18-16(13-7-3-1-4-8-13)11-15(19)12-17(20)14-9-5-2-6-10-14/h1-11,17,20H,12H2/b16-11-/t17-/m1/s1. The lowest BCUT2D eigenvalue weighted by molar-refractivity contribution is -0.116. The van der Waals surface area contributed by atoms with Crippen molar-refractivity contribution in [3.63, 3.8) is 0 Å². The molecule has 2 nitrogen and oxygen atoms in total. The number of aliphatic hydroxyl groups is 1. The van der Waals surface area contributed by atoms with Crippen LogP contribution in [0.5, 0.6) is 0 Å².